The molecule has 1 amide bonds. The quantitative estimate of drug-likeness (QED) is 0.230. The number of fused-ring (bicyclic) bond motifs is 3. The van der Waals surface area contributed by atoms with Gasteiger partial charge >= 0.3 is 0 Å². The van der Waals surface area contributed by atoms with E-state index in [0.717, 1.165) is 85.4 Å². The average molecular weight is 595 g/mol. The summed E-state index contributed by atoms with van der Waals surface area (Å²) >= 11 is 7.21. The maximum absolute atomic E-state index is 13.2. The number of ether oxygens (including phenoxy) is 2. The van der Waals surface area contributed by atoms with Crippen molar-refractivity contribution in [3.05, 3.63) is 83.4 Å². The first-order chi connectivity index (χ1) is 19.9. The second kappa shape index (κ2) is 13.3. The lowest BCUT2D eigenvalue weighted by molar-refractivity contribution is 0.0135. The van der Waals surface area contributed by atoms with Crippen molar-refractivity contribution in [2.45, 2.75) is 57.0 Å². The van der Waals surface area contributed by atoms with Gasteiger partial charge in [-0.2, -0.15) is 4.36 Å². The molecule has 0 bridgehead atoms. The van der Waals surface area contributed by atoms with Crippen molar-refractivity contribution in [1.29, 1.82) is 0 Å². The summed E-state index contributed by atoms with van der Waals surface area (Å²) in [7, 11) is 1.77. The van der Waals surface area contributed by atoms with Gasteiger partial charge in [-0.3, -0.25) is 4.79 Å². The molecule has 0 saturated heterocycles. The molecule has 1 saturated carbocycles. The molecule has 1 spiro atoms. The molecule has 0 N–H and O–H groups in total. The SMILES string of the molecule is C=CC[C@H](C)C[SH]=NC(=O)c1ccc2c(c1)N(C[C@@H]1CC[C@H]1[C@H](C=C)OC)C[C@@]1(CCCc3cc(Cl)ccc31)CO2. The normalized spacial score (nSPS) is 25.1. The second-order valence-electron chi connectivity index (χ2n) is 12.1. The van der Waals surface area contributed by atoms with E-state index in [1.54, 1.807) is 7.11 Å². The van der Waals surface area contributed by atoms with Crippen LogP contribution in [0, 0.1) is 17.8 Å². The first-order valence-electron chi connectivity index (χ1n) is 14.9. The first kappa shape index (κ1) is 30.1. The Bertz CT molecular complexity index is 1310. The summed E-state index contributed by atoms with van der Waals surface area (Å²) in [5, 5.41) is 0.785. The molecule has 2 aromatic carbocycles. The predicted octanol–water partition coefficient (Wildman–Crippen LogP) is 7.39. The zero-order valence-corrected chi connectivity index (χ0v) is 26.0. The number of allylic oxidation sites excluding steroid dienone is 1. The Labute approximate surface area is 254 Å². The van der Waals surface area contributed by atoms with Crippen LogP contribution in [-0.4, -0.2) is 44.6 Å². The van der Waals surface area contributed by atoms with E-state index in [-0.39, 0.29) is 17.4 Å². The Morgan fingerprint density at radius 1 is 1.29 bits per heavy atom. The highest BCUT2D eigenvalue weighted by molar-refractivity contribution is 7.68. The molecule has 41 heavy (non-hydrogen) atoms. The van der Waals surface area contributed by atoms with Crippen LogP contribution in [0.15, 0.2) is 66.1 Å². The second-order valence-corrected chi connectivity index (χ2v) is 13.4. The number of anilines is 1. The maximum atomic E-state index is 13.2. The number of aryl methyl sites for hydroxylation is 1. The largest absolute Gasteiger partial charge is 0.490 e. The van der Waals surface area contributed by atoms with E-state index in [4.69, 9.17) is 21.1 Å². The third-order valence-corrected chi connectivity index (χ3v) is 10.6. The van der Waals surface area contributed by atoms with Crippen molar-refractivity contribution in [2.24, 2.45) is 22.1 Å². The van der Waals surface area contributed by atoms with Gasteiger partial charge in [0.05, 0.1) is 18.4 Å². The molecule has 5 atom stereocenters. The number of carbonyl (C=O) groups excluding carboxylic acids is 1. The number of rotatable bonds is 10. The predicted molar refractivity (Wildman–Crippen MR) is 172 cm³/mol. The van der Waals surface area contributed by atoms with E-state index in [9.17, 15) is 4.79 Å². The molecule has 5 rings (SSSR count). The van der Waals surface area contributed by atoms with E-state index in [2.05, 4.69) is 41.5 Å². The third-order valence-electron chi connectivity index (χ3n) is 9.27. The lowest BCUT2D eigenvalue weighted by Gasteiger charge is -2.46. The molecule has 0 radical (unpaired) electrons. The van der Waals surface area contributed by atoms with Crippen LogP contribution in [0.25, 0.3) is 0 Å². The highest BCUT2D eigenvalue weighted by Crippen LogP contribution is 2.47. The van der Waals surface area contributed by atoms with Crippen molar-refractivity contribution in [3.8, 4) is 5.75 Å². The number of methoxy groups -OCH3 is 1. The minimum atomic E-state index is -0.176. The monoisotopic (exact) mass is 594 g/mol. The van der Waals surface area contributed by atoms with Gasteiger partial charge < -0.3 is 14.4 Å². The van der Waals surface area contributed by atoms with Crippen LogP contribution in [0.2, 0.25) is 5.02 Å². The van der Waals surface area contributed by atoms with Crippen molar-refractivity contribution in [2.75, 3.05) is 37.5 Å². The standard InChI is InChI=1S/C34H43ClN2O3S/c1-5-8-23(3)20-41-36-33(38)25-11-15-32-30(18-25)37(19-26-10-13-28(26)31(6-2)39-4)21-34(22-40-32)16-7-9-24-17-27(35)12-14-29(24)34/h5-6,11-12,14-15,17-18,23,26,28,31,41H,1-2,7-10,13,16,19-22H2,3-4H3/t23-,26-,28+,31-,34-/m0/s1. The van der Waals surface area contributed by atoms with Crippen LogP contribution >= 0.6 is 11.6 Å². The number of amides is 1. The number of halogens is 1. The number of nitrogens with zero attached hydrogens (tertiary/aromatic N) is 2. The maximum Gasteiger partial charge on any atom is 0.282 e. The van der Waals surface area contributed by atoms with Crippen molar-refractivity contribution in [1.82, 2.24) is 0 Å². The fourth-order valence-corrected chi connectivity index (χ4v) is 7.84. The number of hydrogen-bond donors (Lipinski definition) is 1. The number of benzene rings is 2. The van der Waals surface area contributed by atoms with Gasteiger partial charge in [0.1, 0.15) is 5.75 Å². The van der Waals surface area contributed by atoms with Crippen LogP contribution in [0.3, 0.4) is 0 Å². The first-order valence-corrected chi connectivity index (χ1v) is 16.3. The zero-order valence-electron chi connectivity index (χ0n) is 24.4. The summed E-state index contributed by atoms with van der Waals surface area (Å²) in [6, 6.07) is 12.2. The van der Waals surface area contributed by atoms with Crippen molar-refractivity contribution in [3.63, 3.8) is 0 Å². The fraction of sp³-hybridized carbons (Fsp3) is 0.500. The Hall–Kier alpha value is -2.41. The molecule has 2 aromatic rings. The topological polar surface area (TPSA) is 51.1 Å². The van der Waals surface area contributed by atoms with Gasteiger partial charge in [0.25, 0.3) is 5.91 Å². The molecule has 2 aliphatic carbocycles. The lowest BCUT2D eigenvalue weighted by Crippen LogP contribution is -2.49. The van der Waals surface area contributed by atoms with Gasteiger partial charge in [-0.1, -0.05) is 36.7 Å². The van der Waals surface area contributed by atoms with Crippen LogP contribution in [-0.2, 0) is 28.1 Å². The molecule has 1 aliphatic heterocycles. The molecule has 3 aliphatic rings. The van der Waals surface area contributed by atoms with Crippen LogP contribution in [0.4, 0.5) is 5.69 Å². The number of hydrogen-bond acceptors (Lipinski definition) is 4. The van der Waals surface area contributed by atoms with E-state index < -0.39 is 0 Å². The molecule has 5 nitrogen and oxygen atoms in total. The summed E-state index contributed by atoms with van der Waals surface area (Å²) < 4.78 is 16.8. The molecule has 220 valence electrons. The highest BCUT2D eigenvalue weighted by Gasteiger charge is 2.44. The van der Waals surface area contributed by atoms with Gasteiger partial charge in [0.15, 0.2) is 0 Å². The third kappa shape index (κ3) is 6.50. The Kier molecular flexibility index (Phi) is 9.73. The van der Waals surface area contributed by atoms with Gasteiger partial charge in [0.2, 0.25) is 0 Å². The minimum Gasteiger partial charge on any atom is -0.490 e. The smallest absolute Gasteiger partial charge is 0.282 e. The minimum absolute atomic E-state index is 0.0529. The summed E-state index contributed by atoms with van der Waals surface area (Å²) in [6.45, 7) is 12.3. The zero-order chi connectivity index (χ0) is 29.0. The Morgan fingerprint density at radius 2 is 2.15 bits per heavy atom. The van der Waals surface area contributed by atoms with Crippen LogP contribution < -0.4 is 9.64 Å². The summed E-state index contributed by atoms with van der Waals surface area (Å²) in [5.74, 6) is 2.87. The van der Waals surface area contributed by atoms with Crippen molar-refractivity contribution < 1.29 is 14.3 Å². The average Bonchev–Trinajstić information content (AvgIpc) is 3.10. The summed E-state index contributed by atoms with van der Waals surface area (Å²) in [5.41, 5.74) is 4.11. The number of carbonyl (C=O) groups is 1. The molecule has 0 unspecified atom stereocenters. The molecule has 7 heteroatoms. The highest BCUT2D eigenvalue weighted by atomic mass is 35.5. The van der Waals surface area contributed by atoms with Crippen LogP contribution in [0.5, 0.6) is 5.75 Å². The van der Waals surface area contributed by atoms with Gasteiger partial charge in [-0.15, -0.1) is 24.7 Å². The van der Waals surface area contributed by atoms with Gasteiger partial charge in [-0.25, -0.2) is 0 Å². The van der Waals surface area contributed by atoms with Crippen molar-refractivity contribution >= 4 is 34.8 Å². The van der Waals surface area contributed by atoms with E-state index in [1.807, 2.05) is 36.4 Å². The van der Waals surface area contributed by atoms with Gasteiger partial charge in [0, 0.05) is 42.0 Å². The Balaban J connectivity index is 1.47. The summed E-state index contributed by atoms with van der Waals surface area (Å²) in [6.07, 6.45) is 10.3. The fourth-order valence-electron chi connectivity index (χ4n) is 6.89. The van der Waals surface area contributed by atoms with E-state index in [1.165, 1.54) is 11.1 Å². The molecular formula is C34H43ClN2O3S. The summed E-state index contributed by atoms with van der Waals surface area (Å²) in [4.78, 5) is 15.7. The van der Waals surface area contributed by atoms with E-state index >= 15 is 0 Å². The molecule has 1 heterocycles. The molecule has 1 fully saturated rings. The van der Waals surface area contributed by atoms with Crippen LogP contribution in [0.1, 0.15) is 60.5 Å². The Morgan fingerprint density at radius 3 is 2.88 bits per heavy atom. The number of thiol groups is 1. The molecule has 0 aromatic heterocycles. The lowest BCUT2D eigenvalue weighted by atomic mass is 9.68. The van der Waals surface area contributed by atoms with E-state index in [0.29, 0.717) is 29.9 Å². The van der Waals surface area contributed by atoms with Gasteiger partial charge in [-0.05, 0) is 97.7 Å². The molecular weight excluding hydrogens is 552 g/mol.